The number of aromatic hydroxyl groups is 1. The topological polar surface area (TPSA) is 23.5 Å². The normalized spacial score (nSPS) is 14.3. The van der Waals surface area contributed by atoms with Crippen molar-refractivity contribution >= 4 is 34.3 Å². The van der Waals surface area contributed by atoms with E-state index >= 15 is 0 Å². The van der Waals surface area contributed by atoms with E-state index < -0.39 is 0 Å². The summed E-state index contributed by atoms with van der Waals surface area (Å²) < 4.78 is 0. The molecule has 0 heterocycles. The molecule has 0 aliphatic heterocycles. The van der Waals surface area contributed by atoms with Crippen molar-refractivity contribution in [3.05, 3.63) is 52.7 Å². The smallest absolute Gasteiger partial charge is 0.116 e. The molecule has 1 aromatic rings. The summed E-state index contributed by atoms with van der Waals surface area (Å²) in [6.45, 7) is 17.0. The van der Waals surface area contributed by atoms with Crippen LogP contribution in [0.5, 0.6) is 5.75 Å². The second kappa shape index (κ2) is 16.6. The fourth-order valence-corrected chi connectivity index (χ4v) is 2.17. The van der Waals surface area contributed by atoms with Crippen LogP contribution in [0.3, 0.4) is 0 Å². The summed E-state index contributed by atoms with van der Waals surface area (Å²) in [7, 11) is 5.17. The van der Waals surface area contributed by atoms with Crippen molar-refractivity contribution in [2.75, 3.05) is 14.1 Å². The predicted octanol–water partition coefficient (Wildman–Crippen LogP) is 6.46. The Bertz CT molecular complexity index is 591. The maximum absolute atomic E-state index is 9.36. The minimum atomic E-state index is 0. The summed E-state index contributed by atoms with van der Waals surface area (Å²) in [5.74, 6) is 0.873. The number of allylic oxidation sites excluding steroid dienone is 3. The maximum atomic E-state index is 9.36. The molecule has 0 saturated heterocycles. The number of nitrogens with zero attached hydrogens (tertiary/aromatic N) is 1. The van der Waals surface area contributed by atoms with E-state index in [0.717, 1.165) is 15.1 Å². The molecule has 0 amide bonds. The molecule has 28 heavy (non-hydrogen) atoms. The largest absolute Gasteiger partial charge is 0.508 e. The van der Waals surface area contributed by atoms with Crippen LogP contribution >= 0.6 is 24.8 Å². The third-order valence-electron chi connectivity index (χ3n) is 3.82. The summed E-state index contributed by atoms with van der Waals surface area (Å²) >= 11 is 0. The fraction of sp³-hybridized carbons (Fsp3) is 0.545. The summed E-state index contributed by atoms with van der Waals surface area (Å²) in [5.41, 5.74) is 5.03. The molecule has 1 unspecified atom stereocenters. The van der Waals surface area contributed by atoms with Crippen LogP contribution in [0.15, 0.2) is 35.5 Å². The minimum absolute atomic E-state index is 0. The number of hydrogen-bond acceptors (Lipinski definition) is 2. The summed E-state index contributed by atoms with van der Waals surface area (Å²) in [6.07, 6.45) is 5.54. The Morgan fingerprint density at radius 3 is 1.75 bits per heavy atom. The van der Waals surface area contributed by atoms with Crippen LogP contribution in [0.25, 0.3) is 0 Å². The second-order valence-electron chi connectivity index (χ2n) is 7.84. The first-order valence-electron chi connectivity index (χ1n) is 8.81. The molecule has 1 aliphatic carbocycles. The summed E-state index contributed by atoms with van der Waals surface area (Å²) in [6, 6.07) is 5.71. The molecule has 0 fully saturated rings. The molecule has 0 bridgehead atoms. The van der Waals surface area contributed by atoms with Gasteiger partial charge in [-0.2, -0.15) is 11.6 Å². The SMILES string of the molecule is CC1=CC(N(C)C)=[C-]C1C.C[Si]C.Cc1cc(O)cc(C(C)(C)C)c1.Cl.Cl.[Ti]. The standard InChI is InChI=1S/C11H16O.C9H14N.C2H6Si.2ClH.Ti/c1-8-5-9(11(2,3)4)7-10(12)6-8;1-7-5-9(10(3)4)6-8(7)2;1-3-2;;;/h5-7,12H,1-4H3;5,8H,1-4H3;1-2H3;2*1H;/q;-1;;;;. The van der Waals surface area contributed by atoms with Crippen LogP contribution in [0.2, 0.25) is 13.1 Å². The van der Waals surface area contributed by atoms with Gasteiger partial charge in [-0.3, -0.25) is 0 Å². The van der Waals surface area contributed by atoms with Crippen molar-refractivity contribution < 1.29 is 26.8 Å². The van der Waals surface area contributed by atoms with Crippen molar-refractivity contribution in [1.29, 1.82) is 0 Å². The fourth-order valence-electron chi connectivity index (χ4n) is 2.17. The first-order chi connectivity index (χ1) is 11.4. The molecule has 0 spiro atoms. The average molecular weight is 479 g/mol. The Hall–Kier alpha value is -0.189. The average Bonchev–Trinajstić information content (AvgIpc) is 2.78. The number of rotatable bonds is 1. The Morgan fingerprint density at radius 2 is 1.50 bits per heavy atom. The number of phenolic OH excluding ortho intramolecular Hbond substituents is 1. The molecule has 0 aromatic heterocycles. The number of phenols is 1. The van der Waals surface area contributed by atoms with E-state index in [0.29, 0.717) is 11.7 Å². The van der Waals surface area contributed by atoms with Crippen LogP contribution in [0, 0.1) is 18.9 Å². The van der Waals surface area contributed by atoms with Gasteiger partial charge in [0.25, 0.3) is 0 Å². The number of likely N-dealkylation sites (N-methyl/N-ethyl adjacent to an activating group) is 1. The molecular formula is C22H38Cl2NOSiTi-. The van der Waals surface area contributed by atoms with Gasteiger partial charge < -0.3 is 10.0 Å². The predicted molar refractivity (Wildman–Crippen MR) is 127 cm³/mol. The van der Waals surface area contributed by atoms with Crippen molar-refractivity contribution in [1.82, 2.24) is 4.90 Å². The summed E-state index contributed by atoms with van der Waals surface area (Å²) in [5, 5.41) is 9.36. The molecule has 6 heteroatoms. The third-order valence-corrected chi connectivity index (χ3v) is 3.82. The molecule has 2 nitrogen and oxygen atoms in total. The van der Waals surface area contributed by atoms with Crippen LogP contribution in [-0.4, -0.2) is 33.6 Å². The zero-order valence-electron chi connectivity index (χ0n) is 19.1. The molecule has 1 N–H and O–H groups in total. The van der Waals surface area contributed by atoms with Crippen LogP contribution < -0.4 is 0 Å². The Morgan fingerprint density at radius 1 is 1.04 bits per heavy atom. The van der Waals surface area contributed by atoms with Gasteiger partial charge in [0.2, 0.25) is 0 Å². The monoisotopic (exact) mass is 478 g/mol. The number of halogens is 2. The van der Waals surface area contributed by atoms with Crippen molar-refractivity contribution in [3.63, 3.8) is 0 Å². The second-order valence-corrected chi connectivity index (χ2v) is 8.84. The van der Waals surface area contributed by atoms with Gasteiger partial charge in [0, 0.05) is 45.3 Å². The molecule has 160 valence electrons. The molecule has 2 rings (SSSR count). The first-order valence-corrected chi connectivity index (χ1v) is 10.8. The third kappa shape index (κ3) is 13.9. The van der Waals surface area contributed by atoms with Gasteiger partial charge in [-0.05, 0) is 35.6 Å². The van der Waals surface area contributed by atoms with Gasteiger partial charge in [-0.1, -0.05) is 59.7 Å². The van der Waals surface area contributed by atoms with Gasteiger partial charge in [0.05, 0.1) is 0 Å². The molecule has 1 aliphatic rings. The molecule has 0 saturated carbocycles. The van der Waals surface area contributed by atoms with E-state index in [1.807, 2.05) is 27.1 Å². The number of benzene rings is 1. The van der Waals surface area contributed by atoms with E-state index in [1.165, 1.54) is 16.8 Å². The van der Waals surface area contributed by atoms with E-state index in [1.54, 1.807) is 6.07 Å². The van der Waals surface area contributed by atoms with Crippen LogP contribution in [-0.2, 0) is 27.1 Å². The molecule has 1 aromatic carbocycles. The van der Waals surface area contributed by atoms with Crippen LogP contribution in [0.4, 0.5) is 0 Å². The van der Waals surface area contributed by atoms with Gasteiger partial charge in [0.1, 0.15) is 5.75 Å². The van der Waals surface area contributed by atoms with Gasteiger partial charge >= 0.3 is 0 Å². The van der Waals surface area contributed by atoms with Crippen molar-refractivity contribution in [3.8, 4) is 5.75 Å². The number of aryl methyl sites for hydroxylation is 1. The van der Waals surface area contributed by atoms with Crippen molar-refractivity contribution in [2.45, 2.75) is 60.1 Å². The zero-order chi connectivity index (χ0) is 19.8. The first kappa shape index (κ1) is 35.3. The van der Waals surface area contributed by atoms with Gasteiger partial charge in [-0.25, -0.2) is 6.08 Å². The molecule has 1 atom stereocenters. The van der Waals surface area contributed by atoms with E-state index in [2.05, 4.69) is 70.8 Å². The maximum Gasteiger partial charge on any atom is 0.116 e. The Balaban J connectivity index is -0.000000166. The number of hydrogen-bond donors (Lipinski definition) is 1. The minimum Gasteiger partial charge on any atom is -0.508 e. The Labute approximate surface area is 203 Å². The van der Waals surface area contributed by atoms with E-state index in [-0.39, 0.29) is 51.9 Å². The summed E-state index contributed by atoms with van der Waals surface area (Å²) in [4.78, 5) is 2.09. The van der Waals surface area contributed by atoms with Crippen LogP contribution in [0.1, 0.15) is 45.7 Å². The quantitative estimate of drug-likeness (QED) is 0.369. The van der Waals surface area contributed by atoms with Crippen molar-refractivity contribution in [2.24, 2.45) is 5.92 Å². The van der Waals surface area contributed by atoms with E-state index in [9.17, 15) is 5.11 Å². The van der Waals surface area contributed by atoms with Gasteiger partial charge in [-0.15, -0.1) is 30.5 Å². The van der Waals surface area contributed by atoms with E-state index in [4.69, 9.17) is 0 Å². The molecular weight excluding hydrogens is 441 g/mol. The Kier molecular flexibility index (Phi) is 20.9. The zero-order valence-corrected chi connectivity index (χ0v) is 23.3. The molecule has 2 radical (unpaired) electrons. The van der Waals surface area contributed by atoms with Gasteiger partial charge in [0.15, 0.2) is 0 Å².